The van der Waals surface area contributed by atoms with Crippen molar-refractivity contribution in [3.63, 3.8) is 0 Å². The molecule has 1 N–H and O–H groups in total. The molecule has 1 aromatic heterocycles. The molecule has 4 nitrogen and oxygen atoms in total. The van der Waals surface area contributed by atoms with Crippen LogP contribution in [0.5, 0.6) is 0 Å². The highest BCUT2D eigenvalue weighted by atomic mass is 32.2. The van der Waals surface area contributed by atoms with Crippen LogP contribution in [-0.2, 0) is 5.75 Å². The number of thioether (sulfide) groups is 1. The van der Waals surface area contributed by atoms with Gasteiger partial charge in [0.05, 0.1) is 5.75 Å². The van der Waals surface area contributed by atoms with Crippen LogP contribution < -0.4 is 0 Å². The zero-order valence-electron chi connectivity index (χ0n) is 9.37. The van der Waals surface area contributed by atoms with Crippen LogP contribution in [0.2, 0.25) is 0 Å². The lowest BCUT2D eigenvalue weighted by molar-refractivity contribution is 0.296. The Bertz CT molecular complexity index is 445. The van der Waals surface area contributed by atoms with Gasteiger partial charge >= 0.3 is 0 Å². The molecule has 0 bridgehead atoms. The molecule has 0 aliphatic carbocycles. The second-order valence-corrected chi connectivity index (χ2v) is 4.61. The van der Waals surface area contributed by atoms with E-state index in [-0.39, 0.29) is 6.61 Å². The molecule has 0 atom stereocenters. The predicted octanol–water partition coefficient (Wildman–Crippen LogP) is 2.35. The Morgan fingerprint density at radius 3 is 2.82 bits per heavy atom. The summed E-state index contributed by atoms with van der Waals surface area (Å²) in [5.74, 6) is 2.86. The number of aromatic nitrogens is 2. The van der Waals surface area contributed by atoms with Crippen LogP contribution in [0, 0.1) is 0 Å². The molecule has 90 valence electrons. The lowest BCUT2D eigenvalue weighted by atomic mass is 10.2. The average Bonchev–Trinajstić information content (AvgIpc) is 2.85. The summed E-state index contributed by atoms with van der Waals surface area (Å²) >= 11 is 1.68. The lowest BCUT2D eigenvalue weighted by Crippen LogP contribution is -1.87. The molecule has 0 amide bonds. The molecule has 0 spiro atoms. The molecular weight excluding hydrogens is 236 g/mol. The van der Waals surface area contributed by atoms with Gasteiger partial charge in [0.1, 0.15) is 0 Å². The van der Waals surface area contributed by atoms with Gasteiger partial charge in [-0.15, -0.1) is 0 Å². The maximum absolute atomic E-state index is 8.65. The molecule has 0 radical (unpaired) electrons. The quantitative estimate of drug-likeness (QED) is 0.797. The smallest absolute Gasteiger partial charge is 0.236 e. The highest BCUT2D eigenvalue weighted by molar-refractivity contribution is 7.98. The van der Waals surface area contributed by atoms with Crippen LogP contribution in [0.25, 0.3) is 11.4 Å². The van der Waals surface area contributed by atoms with Crippen molar-refractivity contribution in [3.05, 3.63) is 36.2 Å². The first-order chi connectivity index (χ1) is 8.40. The summed E-state index contributed by atoms with van der Waals surface area (Å²) in [4.78, 5) is 4.32. The number of aliphatic hydroxyl groups is 1. The number of nitrogens with zero attached hydrogens (tertiary/aromatic N) is 2. The molecule has 0 saturated carbocycles. The minimum atomic E-state index is 0.228. The molecule has 0 aliphatic heterocycles. The van der Waals surface area contributed by atoms with Gasteiger partial charge in [-0.1, -0.05) is 35.5 Å². The van der Waals surface area contributed by atoms with Gasteiger partial charge in [0.2, 0.25) is 11.7 Å². The fourth-order valence-electron chi connectivity index (χ4n) is 1.34. The van der Waals surface area contributed by atoms with Crippen molar-refractivity contribution in [3.8, 4) is 11.4 Å². The van der Waals surface area contributed by atoms with Gasteiger partial charge in [-0.2, -0.15) is 16.7 Å². The third-order valence-electron chi connectivity index (χ3n) is 2.17. The SMILES string of the molecule is OCCCSCc1nc(-c2ccccc2)no1. The van der Waals surface area contributed by atoms with Crippen molar-refractivity contribution >= 4 is 11.8 Å². The van der Waals surface area contributed by atoms with Gasteiger partial charge in [0.15, 0.2) is 0 Å². The monoisotopic (exact) mass is 250 g/mol. The first-order valence-electron chi connectivity index (χ1n) is 5.47. The minimum absolute atomic E-state index is 0.228. The average molecular weight is 250 g/mol. The second-order valence-electron chi connectivity index (χ2n) is 3.51. The molecule has 1 heterocycles. The third kappa shape index (κ3) is 3.57. The maximum atomic E-state index is 8.65. The number of aliphatic hydroxyl groups excluding tert-OH is 1. The Labute approximate surface area is 104 Å². The standard InChI is InChI=1S/C12H14N2O2S/c15-7-4-8-17-9-11-13-12(14-16-11)10-5-2-1-3-6-10/h1-3,5-6,15H,4,7-9H2. The van der Waals surface area contributed by atoms with Crippen LogP contribution in [0.3, 0.4) is 0 Å². The van der Waals surface area contributed by atoms with Crippen LogP contribution in [-0.4, -0.2) is 27.6 Å². The van der Waals surface area contributed by atoms with Crippen LogP contribution in [0.15, 0.2) is 34.9 Å². The molecule has 5 heteroatoms. The summed E-state index contributed by atoms with van der Waals surface area (Å²) in [6.07, 6.45) is 0.796. The summed E-state index contributed by atoms with van der Waals surface area (Å²) < 4.78 is 5.15. The third-order valence-corrected chi connectivity index (χ3v) is 3.20. The zero-order chi connectivity index (χ0) is 11.9. The molecule has 0 aliphatic rings. The van der Waals surface area contributed by atoms with E-state index in [1.807, 2.05) is 30.3 Å². The molecular formula is C12H14N2O2S. The van der Waals surface area contributed by atoms with E-state index < -0.39 is 0 Å². The Kier molecular flexibility index (Phi) is 4.58. The van der Waals surface area contributed by atoms with Gasteiger partial charge in [-0.3, -0.25) is 0 Å². The molecule has 0 saturated heterocycles. The van der Waals surface area contributed by atoms with E-state index in [0.29, 0.717) is 17.5 Å². The molecule has 0 unspecified atom stereocenters. The summed E-state index contributed by atoms with van der Waals surface area (Å²) in [7, 11) is 0. The van der Waals surface area contributed by atoms with Crippen molar-refractivity contribution in [2.45, 2.75) is 12.2 Å². The number of benzene rings is 1. The minimum Gasteiger partial charge on any atom is -0.396 e. The van der Waals surface area contributed by atoms with Gasteiger partial charge < -0.3 is 9.63 Å². The van der Waals surface area contributed by atoms with Gasteiger partial charge in [-0.05, 0) is 12.2 Å². The summed E-state index contributed by atoms with van der Waals surface area (Å²) in [6.45, 7) is 0.228. The van der Waals surface area contributed by atoms with Crippen molar-refractivity contribution in [1.82, 2.24) is 10.1 Å². The van der Waals surface area contributed by atoms with Crippen molar-refractivity contribution in [1.29, 1.82) is 0 Å². The fraction of sp³-hybridized carbons (Fsp3) is 0.333. The maximum Gasteiger partial charge on any atom is 0.236 e. The summed E-state index contributed by atoms with van der Waals surface area (Å²) in [5.41, 5.74) is 0.961. The summed E-state index contributed by atoms with van der Waals surface area (Å²) in [6, 6.07) is 9.75. The molecule has 2 aromatic rings. The lowest BCUT2D eigenvalue weighted by Gasteiger charge is -1.94. The van der Waals surface area contributed by atoms with Crippen molar-refractivity contribution in [2.24, 2.45) is 0 Å². The van der Waals surface area contributed by atoms with E-state index in [2.05, 4.69) is 10.1 Å². The fourth-order valence-corrected chi connectivity index (χ4v) is 2.11. The number of hydrogen-bond donors (Lipinski definition) is 1. The molecule has 2 rings (SSSR count). The van der Waals surface area contributed by atoms with Crippen LogP contribution in [0.1, 0.15) is 12.3 Å². The van der Waals surface area contributed by atoms with E-state index in [4.69, 9.17) is 9.63 Å². The molecule has 1 aromatic carbocycles. The van der Waals surface area contributed by atoms with E-state index in [1.165, 1.54) is 0 Å². The predicted molar refractivity (Wildman–Crippen MR) is 67.6 cm³/mol. The normalized spacial score (nSPS) is 10.6. The Morgan fingerprint density at radius 1 is 1.24 bits per heavy atom. The van der Waals surface area contributed by atoms with E-state index >= 15 is 0 Å². The number of rotatable bonds is 6. The highest BCUT2D eigenvalue weighted by Gasteiger charge is 2.07. The van der Waals surface area contributed by atoms with Gasteiger partial charge in [-0.25, -0.2) is 0 Å². The second kappa shape index (κ2) is 6.42. The van der Waals surface area contributed by atoms with E-state index in [9.17, 15) is 0 Å². The topological polar surface area (TPSA) is 59.2 Å². The zero-order valence-corrected chi connectivity index (χ0v) is 10.2. The Morgan fingerprint density at radius 2 is 2.06 bits per heavy atom. The van der Waals surface area contributed by atoms with Crippen molar-refractivity contribution in [2.75, 3.05) is 12.4 Å². The largest absolute Gasteiger partial charge is 0.396 e. The Hall–Kier alpha value is -1.33. The highest BCUT2D eigenvalue weighted by Crippen LogP contribution is 2.17. The van der Waals surface area contributed by atoms with Crippen molar-refractivity contribution < 1.29 is 9.63 Å². The summed E-state index contributed by atoms with van der Waals surface area (Å²) in [5, 5.41) is 12.6. The molecule has 0 fully saturated rings. The van der Waals surface area contributed by atoms with Gasteiger partial charge in [0.25, 0.3) is 0 Å². The number of hydrogen-bond acceptors (Lipinski definition) is 5. The van der Waals surface area contributed by atoms with Crippen LogP contribution >= 0.6 is 11.8 Å². The van der Waals surface area contributed by atoms with Gasteiger partial charge in [0, 0.05) is 12.2 Å². The van der Waals surface area contributed by atoms with E-state index in [0.717, 1.165) is 17.7 Å². The molecule has 17 heavy (non-hydrogen) atoms. The Balaban J connectivity index is 1.92. The first kappa shape index (κ1) is 12.1. The van der Waals surface area contributed by atoms with Crippen LogP contribution in [0.4, 0.5) is 0 Å². The van der Waals surface area contributed by atoms with E-state index in [1.54, 1.807) is 11.8 Å². The first-order valence-corrected chi connectivity index (χ1v) is 6.62.